The van der Waals surface area contributed by atoms with E-state index in [4.69, 9.17) is 57.0 Å². The number of ether oxygens (including phenoxy) is 5. The number of nitrogens with one attached hydrogen (secondary N) is 4. The number of nitrogens with two attached hydrogens (primary N) is 1. The van der Waals surface area contributed by atoms with Gasteiger partial charge >= 0.3 is 7.12 Å². The summed E-state index contributed by atoms with van der Waals surface area (Å²) in [4.78, 5) is 89.7. The minimum absolute atomic E-state index is 0.0565. The Morgan fingerprint density at radius 1 is 0.775 bits per heavy atom. The van der Waals surface area contributed by atoms with E-state index in [1.807, 2.05) is 54.6 Å². The number of carbonyl (C=O) groups excluding carboxylic acids is 6. The average Bonchev–Trinajstić information content (AvgIpc) is 1.06. The van der Waals surface area contributed by atoms with Crippen molar-refractivity contribution in [2.24, 2.45) is 23.5 Å². The Kier molecular flexibility index (Phi) is 21.3. The molecule has 0 radical (unpaired) electrons. The molecule has 19 nitrogen and oxygen atoms in total. The normalized spacial score (nSPS) is 21.9. The average molecular weight is 1280 g/mol. The van der Waals surface area contributed by atoms with Crippen molar-refractivity contribution in [3.63, 3.8) is 0 Å². The van der Waals surface area contributed by atoms with Gasteiger partial charge in [0.25, 0.3) is 0 Å². The Balaban J connectivity index is 1.39. The lowest BCUT2D eigenvalue weighted by Crippen LogP contribution is -2.53. The Labute approximate surface area is 532 Å². The molecule has 5 aliphatic heterocycles. The Morgan fingerprint density at radius 3 is 1.96 bits per heavy atom. The highest BCUT2D eigenvalue weighted by Gasteiger charge is 2.46. The van der Waals surface area contributed by atoms with Gasteiger partial charge in [-0.1, -0.05) is 95.9 Å². The summed E-state index contributed by atoms with van der Waals surface area (Å²) < 4.78 is 38.7. The van der Waals surface area contributed by atoms with Crippen LogP contribution in [-0.2, 0) is 33.2 Å². The number of primary amides is 1. The Morgan fingerprint density at radius 2 is 1.39 bits per heavy atom. The molecule has 5 aromatic rings. The van der Waals surface area contributed by atoms with Crippen molar-refractivity contribution in [2.45, 2.75) is 154 Å². The number of carbonyl (C=O) groups is 6. The highest BCUT2D eigenvalue weighted by Crippen LogP contribution is 2.50. The van der Waals surface area contributed by atoms with Crippen molar-refractivity contribution < 1.29 is 66.9 Å². The first-order valence-corrected chi connectivity index (χ1v) is 33.7. The van der Waals surface area contributed by atoms with Gasteiger partial charge in [-0.15, -0.1) is 0 Å². The second-order valence-electron chi connectivity index (χ2n) is 25.4. The zero-order chi connectivity index (χ0) is 65.1. The quantitative estimate of drug-likeness (QED) is 0.0541. The first-order chi connectivity index (χ1) is 42.0. The molecule has 476 valence electrons. The number of amides is 5. The molecule has 0 aliphatic carbocycles. The molecule has 89 heavy (non-hydrogen) atoms. The zero-order valence-corrected chi connectivity index (χ0v) is 55.2. The molecule has 0 fully saturated rings. The van der Waals surface area contributed by atoms with Crippen molar-refractivity contribution in [3.05, 3.63) is 122 Å². The van der Waals surface area contributed by atoms with E-state index >= 15 is 19.2 Å². The molecular formula is C66H82BCl2N5O14Si. The number of fused-ring (bicyclic) bond motifs is 15. The molecule has 0 unspecified atom stereocenters. The van der Waals surface area contributed by atoms with Crippen LogP contribution in [0.5, 0.6) is 40.2 Å². The predicted molar refractivity (Wildman–Crippen MR) is 343 cm³/mol. The molecule has 23 heteroatoms. The third-order valence-corrected chi connectivity index (χ3v) is 22.7. The zero-order valence-electron chi connectivity index (χ0n) is 52.7. The molecule has 5 amide bonds. The van der Waals surface area contributed by atoms with Crippen molar-refractivity contribution >= 4 is 74.0 Å². The molecule has 0 aromatic heterocycles. The van der Waals surface area contributed by atoms with Crippen LogP contribution in [0, 0.1) is 24.7 Å². The van der Waals surface area contributed by atoms with E-state index in [9.17, 15) is 19.6 Å². The first kappa shape index (κ1) is 67.8. The molecule has 11 bridgehead atoms. The van der Waals surface area contributed by atoms with Crippen molar-refractivity contribution in [1.29, 1.82) is 0 Å². The number of methoxy groups -OCH3 is 3. The Bertz CT molecular complexity index is 3520. The van der Waals surface area contributed by atoms with Crippen molar-refractivity contribution in [2.75, 3.05) is 21.3 Å². The summed E-state index contributed by atoms with van der Waals surface area (Å²) in [5.74, 6) is -8.23. The molecule has 0 spiro atoms. The van der Waals surface area contributed by atoms with E-state index in [1.54, 1.807) is 92.7 Å². The summed E-state index contributed by atoms with van der Waals surface area (Å²) >= 11 is 14.4. The second-order valence-corrected chi connectivity index (χ2v) is 31.0. The maximum Gasteiger partial charge on any atom is 0.480 e. The van der Waals surface area contributed by atoms with Crippen LogP contribution in [0.3, 0.4) is 0 Å². The topological polar surface area (TPSA) is 272 Å². The summed E-state index contributed by atoms with van der Waals surface area (Å²) in [6, 6.07) is 17.7. The summed E-state index contributed by atoms with van der Waals surface area (Å²) in [6.45, 7) is 19.6. The fourth-order valence-electron chi connectivity index (χ4n) is 11.8. The van der Waals surface area contributed by atoms with Gasteiger partial charge in [0, 0.05) is 35.8 Å². The van der Waals surface area contributed by atoms with Gasteiger partial charge in [0.2, 0.25) is 35.3 Å². The van der Waals surface area contributed by atoms with E-state index in [0.717, 1.165) is 0 Å². The van der Waals surface area contributed by atoms with E-state index in [-0.39, 0.29) is 69.0 Å². The monoisotopic (exact) mass is 1280 g/mol. The number of hydrogen-bond acceptors (Lipinski definition) is 14. The van der Waals surface area contributed by atoms with Crippen LogP contribution in [0.15, 0.2) is 78.9 Å². The van der Waals surface area contributed by atoms with E-state index in [2.05, 4.69) is 21.3 Å². The smallest absolute Gasteiger partial charge is 0.480 e. The number of hydrogen-bond donors (Lipinski definition) is 7. The van der Waals surface area contributed by atoms with Gasteiger partial charge in [0.15, 0.2) is 25.6 Å². The van der Waals surface area contributed by atoms with Crippen molar-refractivity contribution in [3.8, 4) is 51.4 Å². The number of ketones is 1. The fraction of sp³-hybridized carbons (Fsp3) is 0.455. The predicted octanol–water partition coefficient (Wildman–Crippen LogP) is 11.2. The van der Waals surface area contributed by atoms with Gasteiger partial charge in [0.05, 0.1) is 61.3 Å². The second kappa shape index (κ2) is 27.9. The minimum Gasteiger partial charge on any atom is -0.496 e. The number of Topliss-reactive ketones (excluding diaryl/α,β-unsaturated/α-hetero) is 1. The SMILES string of the molecule is CC[C@@H](CC(C)C)C(=O)N[C@H]1C(=O)C[C@@H](CC(N)=O)C(=O)N[C@H]2CC[C@H]3C(=O)N[C@H](C(=O)N[C@@H](B(O)O)c4cc(C)cc(OC)c4-c4cc3ccc4OC)[C@H](C)c3ccc(c(Cl)c3)Oc3cc2cc(c3OC)Oc2ccc(cc2Cl)[C@H]1O[Si](C)(C)C(C)(C)C. The summed E-state index contributed by atoms with van der Waals surface area (Å²) in [7, 11) is -0.691. The summed E-state index contributed by atoms with van der Waals surface area (Å²) in [5, 5.41) is 34.2. The van der Waals surface area contributed by atoms with Crippen LogP contribution in [0.4, 0.5) is 0 Å². The highest BCUT2D eigenvalue weighted by atomic mass is 35.5. The van der Waals surface area contributed by atoms with Crippen LogP contribution >= 0.6 is 23.2 Å². The van der Waals surface area contributed by atoms with Crippen LogP contribution in [0.25, 0.3) is 11.1 Å². The fourth-order valence-corrected chi connectivity index (χ4v) is 13.5. The van der Waals surface area contributed by atoms with Crippen molar-refractivity contribution in [1.82, 2.24) is 21.3 Å². The third kappa shape index (κ3) is 15.0. The van der Waals surface area contributed by atoms with E-state index in [0.29, 0.717) is 63.3 Å². The van der Waals surface area contributed by atoms with Gasteiger partial charge in [-0.2, -0.15) is 0 Å². The van der Waals surface area contributed by atoms with Gasteiger partial charge in [-0.3, -0.25) is 28.8 Å². The lowest BCUT2D eigenvalue weighted by Gasteiger charge is -2.42. The number of benzene rings is 5. The molecule has 8 N–H and O–H groups in total. The van der Waals surface area contributed by atoms with E-state index in [1.165, 1.54) is 21.3 Å². The van der Waals surface area contributed by atoms with Crippen LogP contribution in [0.2, 0.25) is 28.2 Å². The van der Waals surface area contributed by atoms with Crippen LogP contribution in [0.1, 0.15) is 150 Å². The maximum atomic E-state index is 15.6. The van der Waals surface area contributed by atoms with Gasteiger partial charge < -0.3 is 65.2 Å². The molecule has 5 aromatic carbocycles. The molecule has 0 saturated heterocycles. The van der Waals surface area contributed by atoms with Gasteiger partial charge in [-0.05, 0) is 145 Å². The number of rotatable bonds is 13. The third-order valence-electron chi connectivity index (χ3n) is 17.7. The summed E-state index contributed by atoms with van der Waals surface area (Å²) in [5.41, 5.74) is 9.31. The Hall–Kier alpha value is -7.14. The largest absolute Gasteiger partial charge is 0.496 e. The molecule has 5 heterocycles. The molecule has 0 saturated carbocycles. The lowest BCUT2D eigenvalue weighted by atomic mass is 9.71. The first-order valence-electron chi connectivity index (χ1n) is 30.1. The summed E-state index contributed by atoms with van der Waals surface area (Å²) in [6.07, 6.45) is -1.50. The highest BCUT2D eigenvalue weighted by molar-refractivity contribution is 6.74. The van der Waals surface area contributed by atoms with Crippen LogP contribution < -0.4 is 50.7 Å². The van der Waals surface area contributed by atoms with E-state index < -0.39 is 117 Å². The van der Waals surface area contributed by atoms with Crippen LogP contribution in [-0.4, -0.2) is 94.2 Å². The minimum atomic E-state index is -2.87. The molecule has 9 atom stereocenters. The standard InChI is InChI=1S/C66H82BCl2N5O14Si/c1-14-36(23-33(2)3)62(77)73-58-48(75)29-41(32-55(70)76)63(78)71-47-19-18-42-38-16-20-49(83-9)43(26-38)56-44(24-34(4)25-52(56)84-10)61(67(81)82)74-65(80)57(72-64(42)79)35(5)37-15-21-50(45(68)27-37)86-53-30-40(47)31-54(60(53)85-11)87-51-22-17-39(28-46(51)69)59(58)88-89(12,13)66(6,7)8/h15-17,20-22,24-28,30-31,33,35-36,41-42,47,57-59,61,81-82H,14,18-19,23,29,32H2,1-13H3,(H2,70,76)(H,71,78)(H,72,79)(H,73,77)(H,74,80)/t35-,36+,41+,42-,47+,57+,58+,59-,61-/m1/s1. The molecule has 5 aliphatic rings. The van der Waals surface area contributed by atoms with Gasteiger partial charge in [0.1, 0.15) is 35.1 Å². The number of halogens is 2. The van der Waals surface area contributed by atoms with Gasteiger partial charge in [-0.25, -0.2) is 0 Å². The number of aryl methyl sites for hydroxylation is 1. The molecular weight excluding hydrogens is 1200 g/mol. The lowest BCUT2D eigenvalue weighted by molar-refractivity contribution is -0.136. The maximum absolute atomic E-state index is 15.6. The molecule has 10 rings (SSSR count).